The van der Waals surface area contributed by atoms with Gasteiger partial charge in [-0.2, -0.15) is 0 Å². The molecule has 1 amide bonds. The van der Waals surface area contributed by atoms with E-state index >= 15 is 0 Å². The van der Waals surface area contributed by atoms with E-state index in [0.29, 0.717) is 16.3 Å². The van der Waals surface area contributed by atoms with Gasteiger partial charge in [-0.3, -0.25) is 9.69 Å². The largest absolute Gasteiger partial charge is 0.399 e. The van der Waals surface area contributed by atoms with Crippen LogP contribution in [0.2, 0.25) is 5.02 Å². The number of likely N-dealkylation sites (tertiary alicyclic amines) is 1. The van der Waals surface area contributed by atoms with Gasteiger partial charge in [0.05, 0.1) is 10.6 Å². The summed E-state index contributed by atoms with van der Waals surface area (Å²) in [6.45, 7) is 2.93. The third-order valence-electron chi connectivity index (χ3n) is 4.41. The van der Waals surface area contributed by atoms with Crippen molar-refractivity contribution in [3.05, 3.63) is 64.7 Å². The summed E-state index contributed by atoms with van der Waals surface area (Å²) in [7, 11) is 0. The Morgan fingerprint density at radius 1 is 1.17 bits per heavy atom. The number of rotatable bonds is 4. The number of nitrogens with zero attached hydrogens (tertiary/aromatic N) is 1. The highest BCUT2D eigenvalue weighted by Crippen LogP contribution is 2.20. The molecule has 0 unspecified atom stereocenters. The minimum Gasteiger partial charge on any atom is -0.399 e. The van der Waals surface area contributed by atoms with Crippen molar-refractivity contribution in [1.82, 2.24) is 10.2 Å². The molecule has 2 aromatic carbocycles. The minimum atomic E-state index is -0.124. The number of amides is 1. The van der Waals surface area contributed by atoms with E-state index in [9.17, 15) is 4.79 Å². The second kappa shape index (κ2) is 7.69. The molecule has 126 valence electrons. The maximum Gasteiger partial charge on any atom is 0.253 e. The topological polar surface area (TPSA) is 58.4 Å². The number of benzene rings is 2. The Kier molecular flexibility index (Phi) is 5.38. The molecule has 3 N–H and O–H groups in total. The Hall–Kier alpha value is -2.04. The van der Waals surface area contributed by atoms with Gasteiger partial charge >= 0.3 is 0 Å². The van der Waals surface area contributed by atoms with Crippen LogP contribution in [-0.2, 0) is 6.54 Å². The highest BCUT2D eigenvalue weighted by Gasteiger charge is 2.22. The Morgan fingerprint density at radius 2 is 1.88 bits per heavy atom. The summed E-state index contributed by atoms with van der Waals surface area (Å²) < 4.78 is 0. The van der Waals surface area contributed by atoms with E-state index in [2.05, 4.69) is 34.5 Å². The second-order valence-corrected chi connectivity index (χ2v) is 6.66. The van der Waals surface area contributed by atoms with E-state index < -0.39 is 0 Å². The van der Waals surface area contributed by atoms with Crippen LogP contribution in [0.4, 0.5) is 5.69 Å². The molecule has 5 heteroatoms. The van der Waals surface area contributed by atoms with Gasteiger partial charge in [0, 0.05) is 31.4 Å². The molecule has 0 saturated carbocycles. The fraction of sp³-hybridized carbons (Fsp3) is 0.316. The minimum absolute atomic E-state index is 0.124. The monoisotopic (exact) mass is 343 g/mol. The first-order chi connectivity index (χ1) is 11.6. The zero-order valence-corrected chi connectivity index (χ0v) is 14.3. The molecule has 4 nitrogen and oxygen atoms in total. The summed E-state index contributed by atoms with van der Waals surface area (Å²) in [4.78, 5) is 14.8. The van der Waals surface area contributed by atoms with Gasteiger partial charge in [-0.1, -0.05) is 41.9 Å². The summed E-state index contributed by atoms with van der Waals surface area (Å²) in [6.07, 6.45) is 1.90. The standard InChI is InChI=1S/C19H22ClN3O/c20-18-12-15(21)6-7-17(18)19(24)22-16-8-10-23(11-9-16)13-14-4-2-1-3-5-14/h1-7,12,16H,8-11,13,21H2,(H,22,24). The van der Waals surface area contributed by atoms with Crippen LogP contribution in [0.5, 0.6) is 0 Å². The van der Waals surface area contributed by atoms with E-state index in [-0.39, 0.29) is 11.9 Å². The van der Waals surface area contributed by atoms with Crippen molar-refractivity contribution in [3.8, 4) is 0 Å². The van der Waals surface area contributed by atoms with Crippen molar-refractivity contribution in [3.63, 3.8) is 0 Å². The lowest BCUT2D eigenvalue weighted by Crippen LogP contribution is -2.44. The summed E-state index contributed by atoms with van der Waals surface area (Å²) >= 11 is 6.11. The van der Waals surface area contributed by atoms with Gasteiger partial charge in [-0.25, -0.2) is 0 Å². The van der Waals surface area contributed by atoms with E-state index in [0.717, 1.165) is 32.5 Å². The number of anilines is 1. The molecule has 1 saturated heterocycles. The molecule has 0 spiro atoms. The van der Waals surface area contributed by atoms with Crippen LogP contribution in [0.15, 0.2) is 48.5 Å². The third kappa shape index (κ3) is 4.28. The molecule has 1 aliphatic heterocycles. The second-order valence-electron chi connectivity index (χ2n) is 6.25. The normalized spacial score (nSPS) is 16.0. The van der Waals surface area contributed by atoms with Crippen molar-refractivity contribution < 1.29 is 4.79 Å². The number of nitrogens with one attached hydrogen (secondary N) is 1. The third-order valence-corrected chi connectivity index (χ3v) is 4.72. The van der Waals surface area contributed by atoms with Crippen molar-refractivity contribution in [1.29, 1.82) is 0 Å². The predicted molar refractivity (Wildman–Crippen MR) is 98.1 cm³/mol. The smallest absolute Gasteiger partial charge is 0.253 e. The molecule has 1 aliphatic rings. The Bertz CT molecular complexity index is 697. The van der Waals surface area contributed by atoms with Crippen LogP contribution >= 0.6 is 11.6 Å². The van der Waals surface area contributed by atoms with E-state index in [1.54, 1.807) is 18.2 Å². The number of carbonyl (C=O) groups is 1. The number of piperidine rings is 1. The molecule has 0 bridgehead atoms. The van der Waals surface area contributed by atoms with Gasteiger partial charge in [-0.05, 0) is 36.6 Å². The lowest BCUT2D eigenvalue weighted by atomic mass is 10.0. The molecular formula is C19H22ClN3O. The maximum absolute atomic E-state index is 12.4. The predicted octanol–water partition coefficient (Wildman–Crippen LogP) is 3.32. The molecule has 0 atom stereocenters. The summed E-state index contributed by atoms with van der Waals surface area (Å²) in [5.41, 5.74) is 8.04. The van der Waals surface area contributed by atoms with E-state index in [1.807, 2.05) is 6.07 Å². The summed E-state index contributed by atoms with van der Waals surface area (Å²) in [5, 5.41) is 3.49. The molecule has 2 aromatic rings. The van der Waals surface area contributed by atoms with Gasteiger partial charge in [0.25, 0.3) is 5.91 Å². The van der Waals surface area contributed by atoms with E-state index in [1.165, 1.54) is 5.56 Å². The fourth-order valence-electron chi connectivity index (χ4n) is 3.06. The molecule has 0 aliphatic carbocycles. The zero-order chi connectivity index (χ0) is 16.9. The number of hydrogen-bond acceptors (Lipinski definition) is 3. The van der Waals surface area contributed by atoms with Crippen molar-refractivity contribution in [2.45, 2.75) is 25.4 Å². The molecule has 24 heavy (non-hydrogen) atoms. The van der Waals surface area contributed by atoms with Crippen LogP contribution in [0.25, 0.3) is 0 Å². The summed E-state index contributed by atoms with van der Waals surface area (Å²) in [6, 6.07) is 15.6. The quantitative estimate of drug-likeness (QED) is 0.837. The average molecular weight is 344 g/mol. The van der Waals surface area contributed by atoms with Crippen LogP contribution < -0.4 is 11.1 Å². The molecule has 0 radical (unpaired) electrons. The first-order valence-electron chi connectivity index (χ1n) is 8.24. The van der Waals surface area contributed by atoms with Gasteiger partial charge in [0.1, 0.15) is 0 Å². The molecule has 3 rings (SSSR count). The summed E-state index contributed by atoms with van der Waals surface area (Å²) in [5.74, 6) is -0.124. The highest BCUT2D eigenvalue weighted by atomic mass is 35.5. The van der Waals surface area contributed by atoms with Crippen LogP contribution in [0, 0.1) is 0 Å². The first-order valence-corrected chi connectivity index (χ1v) is 8.62. The van der Waals surface area contributed by atoms with Crippen LogP contribution in [-0.4, -0.2) is 29.9 Å². The maximum atomic E-state index is 12.4. The number of carbonyl (C=O) groups excluding carboxylic acids is 1. The molecule has 0 aromatic heterocycles. The molecule has 1 heterocycles. The van der Waals surface area contributed by atoms with Gasteiger partial charge < -0.3 is 11.1 Å². The van der Waals surface area contributed by atoms with Gasteiger partial charge in [0.2, 0.25) is 0 Å². The highest BCUT2D eigenvalue weighted by molar-refractivity contribution is 6.34. The lowest BCUT2D eigenvalue weighted by molar-refractivity contribution is 0.0909. The van der Waals surface area contributed by atoms with Crippen LogP contribution in [0.1, 0.15) is 28.8 Å². The Balaban J connectivity index is 1.51. The fourth-order valence-corrected chi connectivity index (χ4v) is 3.33. The molecular weight excluding hydrogens is 322 g/mol. The number of hydrogen-bond donors (Lipinski definition) is 2. The number of nitrogen functional groups attached to an aromatic ring is 1. The number of nitrogens with two attached hydrogens (primary N) is 1. The SMILES string of the molecule is Nc1ccc(C(=O)NC2CCN(Cc3ccccc3)CC2)c(Cl)c1. The van der Waals surface area contributed by atoms with Crippen molar-refractivity contribution >= 4 is 23.2 Å². The van der Waals surface area contributed by atoms with Gasteiger partial charge in [0.15, 0.2) is 0 Å². The van der Waals surface area contributed by atoms with Crippen molar-refractivity contribution in [2.75, 3.05) is 18.8 Å². The zero-order valence-electron chi connectivity index (χ0n) is 13.5. The lowest BCUT2D eigenvalue weighted by Gasteiger charge is -2.32. The van der Waals surface area contributed by atoms with Crippen LogP contribution in [0.3, 0.4) is 0 Å². The number of halogens is 1. The first kappa shape index (κ1) is 16.8. The molecule has 1 fully saturated rings. The van der Waals surface area contributed by atoms with Crippen molar-refractivity contribution in [2.24, 2.45) is 0 Å². The van der Waals surface area contributed by atoms with Gasteiger partial charge in [-0.15, -0.1) is 0 Å². The Labute approximate surface area is 147 Å². The van der Waals surface area contributed by atoms with E-state index in [4.69, 9.17) is 17.3 Å². The average Bonchev–Trinajstić information content (AvgIpc) is 2.57. The Morgan fingerprint density at radius 3 is 2.54 bits per heavy atom.